The number of aliphatic hydroxyl groups is 1. The minimum Gasteiger partial charge on any atom is -0.396 e. The van der Waals surface area contributed by atoms with Crippen LogP contribution in [0.5, 0.6) is 0 Å². The number of carbonyl (C=O) groups excluding carboxylic acids is 2. The van der Waals surface area contributed by atoms with Crippen molar-refractivity contribution in [3.63, 3.8) is 0 Å². The lowest BCUT2D eigenvalue weighted by Gasteiger charge is -2.33. The van der Waals surface area contributed by atoms with Gasteiger partial charge in [0.2, 0.25) is 0 Å². The van der Waals surface area contributed by atoms with Crippen LogP contribution in [0.4, 0.5) is 5.82 Å². The first-order valence-electron chi connectivity index (χ1n) is 16.2. The number of halogens is 1. The molecule has 1 saturated heterocycles. The lowest BCUT2D eigenvalue weighted by molar-refractivity contribution is -0.153. The van der Waals surface area contributed by atoms with Crippen LogP contribution in [0.3, 0.4) is 0 Å². The van der Waals surface area contributed by atoms with Crippen LogP contribution < -0.4 is 4.90 Å². The fraction of sp³-hybridized carbons (Fsp3) is 0.286. The quantitative estimate of drug-likeness (QED) is 0.126. The highest BCUT2D eigenvalue weighted by Gasteiger charge is 2.58. The third-order valence-corrected chi connectivity index (χ3v) is 9.83. The normalized spacial score (nSPS) is 18.5. The molecule has 3 heterocycles. The van der Waals surface area contributed by atoms with Gasteiger partial charge in [0.25, 0.3) is 32.1 Å². The van der Waals surface area contributed by atoms with Gasteiger partial charge in [0.05, 0.1) is 38.0 Å². The van der Waals surface area contributed by atoms with Gasteiger partial charge in [0.1, 0.15) is 37.5 Å². The molecule has 0 radical (unpaired) electrons. The highest BCUT2D eigenvalue weighted by Crippen LogP contribution is 2.45. The summed E-state index contributed by atoms with van der Waals surface area (Å²) in [4.78, 5) is 42.1. The maximum Gasteiger partial charge on any atom is 0.266 e. The van der Waals surface area contributed by atoms with E-state index in [4.69, 9.17) is 29.4 Å². The molecule has 0 unspecified atom stereocenters. The molecule has 2 amide bonds. The second-order valence-electron chi connectivity index (χ2n) is 12.4. The lowest BCUT2D eigenvalue weighted by atomic mass is 9.90. The number of benzene rings is 3. The summed E-state index contributed by atoms with van der Waals surface area (Å²) in [5.74, 6) is -2.63. The van der Waals surface area contributed by atoms with Gasteiger partial charge in [-0.05, 0) is 42.0 Å². The molecule has 5 aromatic rings. The number of aromatic nitrogens is 4. The molecule has 1 aliphatic heterocycles. The third-order valence-electron chi connectivity index (χ3n) is 8.49. The molecule has 0 saturated carbocycles. The molecule has 1 fully saturated rings. The monoisotopic (exact) mass is 799 g/mol. The van der Waals surface area contributed by atoms with E-state index in [1.807, 2.05) is 0 Å². The van der Waals surface area contributed by atoms with Gasteiger partial charge >= 0.3 is 0 Å². The number of amides is 2. The molecule has 1 N–H and O–H groups in total. The fourth-order valence-electron chi connectivity index (χ4n) is 6.01. The minimum absolute atomic E-state index is 0.0118. The highest BCUT2D eigenvalue weighted by molar-refractivity contribution is 7.86. The molecule has 0 spiro atoms. The SMILES string of the molecule is CS(=O)(=O)OCC1(COS(C)(=O)=O)O[C@@H](n2cnc3c(N(C(=O)c4ccccc4)C(=O)c4ccccc4)ncnc32)[C@H](CO)[C@@H]1OCc1ccc(Cl)cc1. The van der Waals surface area contributed by atoms with Crippen molar-refractivity contribution in [1.29, 1.82) is 0 Å². The molecule has 16 nitrogen and oxygen atoms in total. The fourth-order valence-corrected chi connectivity index (χ4v) is 6.96. The Morgan fingerprint density at radius 1 is 0.852 bits per heavy atom. The molecule has 1 aliphatic rings. The molecule has 3 aromatic carbocycles. The predicted molar refractivity (Wildman–Crippen MR) is 194 cm³/mol. The smallest absolute Gasteiger partial charge is 0.266 e. The molecule has 3 atom stereocenters. The number of imide groups is 1. The van der Waals surface area contributed by atoms with Gasteiger partial charge in [-0.2, -0.15) is 16.8 Å². The Bertz CT molecular complexity index is 2260. The van der Waals surface area contributed by atoms with Crippen molar-refractivity contribution in [2.45, 2.75) is 24.5 Å². The summed E-state index contributed by atoms with van der Waals surface area (Å²) in [6, 6.07) is 22.8. The van der Waals surface area contributed by atoms with Gasteiger partial charge in [-0.15, -0.1) is 0 Å². The van der Waals surface area contributed by atoms with Crippen molar-refractivity contribution >= 4 is 60.6 Å². The van der Waals surface area contributed by atoms with E-state index in [-0.39, 0.29) is 34.7 Å². The van der Waals surface area contributed by atoms with E-state index in [0.717, 1.165) is 23.7 Å². The molecule has 19 heteroatoms. The van der Waals surface area contributed by atoms with Crippen molar-refractivity contribution < 1.29 is 49.4 Å². The van der Waals surface area contributed by atoms with Crippen molar-refractivity contribution in [2.75, 3.05) is 37.2 Å². The Labute approximate surface area is 315 Å². The molecule has 0 aliphatic carbocycles. The van der Waals surface area contributed by atoms with E-state index >= 15 is 0 Å². The Hall–Kier alpha value is -4.66. The highest BCUT2D eigenvalue weighted by atomic mass is 35.5. The number of anilines is 1. The van der Waals surface area contributed by atoms with E-state index in [0.29, 0.717) is 10.6 Å². The first kappa shape index (κ1) is 39.0. The van der Waals surface area contributed by atoms with Crippen LogP contribution in [-0.4, -0.2) is 97.3 Å². The summed E-state index contributed by atoms with van der Waals surface area (Å²) in [7, 11) is -8.27. The van der Waals surface area contributed by atoms with Gasteiger partial charge in [0, 0.05) is 16.1 Å². The standard InChI is InChI=1S/C35H34ClN5O11S2/c1-53(45,46)50-19-35(20-51-54(2,47)48)29(49-18-23-13-15-26(36)16-14-23)27(17-42)34(52-35)40-22-39-28-30(40)37-21-38-31(28)41(32(43)24-9-5-3-6-10-24)33(44)25-11-7-4-8-12-25/h3-16,21-22,27,29,34,42H,17-20H2,1-2H3/t27-,29+,34-/m1/s1. The van der Waals surface area contributed by atoms with Crippen molar-refractivity contribution in [3.05, 3.63) is 119 Å². The number of ether oxygens (including phenoxy) is 2. The molecule has 54 heavy (non-hydrogen) atoms. The first-order valence-corrected chi connectivity index (χ1v) is 20.2. The second kappa shape index (κ2) is 16.0. The molecule has 6 rings (SSSR count). The summed E-state index contributed by atoms with van der Waals surface area (Å²) in [6.45, 7) is -2.31. The number of hydrogen-bond acceptors (Lipinski definition) is 14. The molecule has 0 bridgehead atoms. The maximum atomic E-state index is 14.0. The Balaban J connectivity index is 1.46. The molecular formula is C35H34ClN5O11S2. The van der Waals surface area contributed by atoms with Crippen LogP contribution >= 0.6 is 11.6 Å². The summed E-state index contributed by atoms with van der Waals surface area (Å²) in [5, 5.41) is 11.3. The summed E-state index contributed by atoms with van der Waals surface area (Å²) < 4.78 is 73.6. The van der Waals surface area contributed by atoms with E-state index < -0.39 is 75.7 Å². The van der Waals surface area contributed by atoms with Crippen LogP contribution in [0.2, 0.25) is 5.02 Å². The van der Waals surface area contributed by atoms with E-state index in [1.54, 1.807) is 84.9 Å². The van der Waals surface area contributed by atoms with Gasteiger partial charge in [-0.3, -0.25) is 22.5 Å². The Kier molecular flexibility index (Phi) is 11.6. The van der Waals surface area contributed by atoms with Gasteiger partial charge in [0.15, 0.2) is 17.0 Å². The first-order chi connectivity index (χ1) is 25.7. The van der Waals surface area contributed by atoms with Crippen molar-refractivity contribution in [2.24, 2.45) is 5.92 Å². The van der Waals surface area contributed by atoms with Crippen LogP contribution in [0.25, 0.3) is 11.2 Å². The van der Waals surface area contributed by atoms with Crippen LogP contribution in [-0.2, 0) is 44.7 Å². The third kappa shape index (κ3) is 8.66. The number of aliphatic hydroxyl groups excluding tert-OH is 1. The van der Waals surface area contributed by atoms with Gasteiger partial charge in [-0.25, -0.2) is 19.9 Å². The van der Waals surface area contributed by atoms with Gasteiger partial charge in [-0.1, -0.05) is 60.1 Å². The Morgan fingerprint density at radius 3 is 1.93 bits per heavy atom. The Morgan fingerprint density at radius 2 is 1.41 bits per heavy atom. The van der Waals surface area contributed by atoms with Gasteiger partial charge < -0.3 is 14.6 Å². The number of rotatable bonds is 14. The van der Waals surface area contributed by atoms with E-state index in [9.17, 15) is 31.5 Å². The number of hydrogen-bond donors (Lipinski definition) is 1. The predicted octanol–water partition coefficient (Wildman–Crippen LogP) is 3.38. The second-order valence-corrected chi connectivity index (χ2v) is 16.1. The maximum absolute atomic E-state index is 14.0. The molecular weight excluding hydrogens is 766 g/mol. The average Bonchev–Trinajstić information content (AvgIpc) is 3.72. The number of fused-ring (bicyclic) bond motifs is 1. The lowest BCUT2D eigenvalue weighted by Crippen LogP contribution is -2.52. The zero-order chi connectivity index (χ0) is 38.7. The summed E-state index contributed by atoms with van der Waals surface area (Å²) in [6.07, 6.45) is 1.44. The zero-order valence-electron chi connectivity index (χ0n) is 28.8. The van der Waals surface area contributed by atoms with Crippen LogP contribution in [0, 0.1) is 5.92 Å². The summed E-state index contributed by atoms with van der Waals surface area (Å²) >= 11 is 6.05. The number of nitrogens with zero attached hydrogens (tertiary/aromatic N) is 5. The van der Waals surface area contributed by atoms with E-state index in [1.165, 1.54) is 10.9 Å². The van der Waals surface area contributed by atoms with Crippen LogP contribution in [0.15, 0.2) is 97.6 Å². The number of imidazole rings is 1. The average molecular weight is 800 g/mol. The molecule has 284 valence electrons. The largest absolute Gasteiger partial charge is 0.396 e. The van der Waals surface area contributed by atoms with Crippen LogP contribution in [0.1, 0.15) is 32.5 Å². The topological polar surface area (TPSA) is 206 Å². The van der Waals surface area contributed by atoms with Crippen molar-refractivity contribution in [1.82, 2.24) is 19.5 Å². The summed E-state index contributed by atoms with van der Waals surface area (Å²) in [5.41, 5.74) is -0.929. The van der Waals surface area contributed by atoms with Crippen molar-refractivity contribution in [3.8, 4) is 0 Å². The van der Waals surface area contributed by atoms with E-state index in [2.05, 4.69) is 15.0 Å². The minimum atomic E-state index is -4.13. The zero-order valence-corrected chi connectivity index (χ0v) is 31.1. The number of carbonyl (C=O) groups is 2. The molecule has 2 aromatic heterocycles.